The Morgan fingerprint density at radius 1 is 1.02 bits per heavy atom. The smallest absolute Gasteiger partial charge is 0.333 e. The van der Waals surface area contributed by atoms with E-state index in [1.54, 1.807) is 11.1 Å². The lowest BCUT2D eigenvalue weighted by molar-refractivity contribution is -0.158. The third kappa shape index (κ3) is 6.50. The first-order valence-electron chi connectivity index (χ1n) is 16.2. The number of aliphatic hydroxyl groups excluding tert-OH is 1. The normalized spacial score (nSPS) is 34.1. The number of pyridine rings is 1. The lowest BCUT2D eigenvalue weighted by Crippen LogP contribution is -2.50. The quantitative estimate of drug-likeness (QED) is 0.294. The first-order valence-corrected chi connectivity index (χ1v) is 16.2. The van der Waals surface area contributed by atoms with Gasteiger partial charge in [0.1, 0.15) is 6.10 Å². The van der Waals surface area contributed by atoms with E-state index in [2.05, 4.69) is 61.3 Å². The van der Waals surface area contributed by atoms with E-state index in [0.29, 0.717) is 0 Å². The Morgan fingerprint density at radius 3 is 2.39 bits per heavy atom. The van der Waals surface area contributed by atoms with Crippen LogP contribution in [0.4, 0.5) is 0 Å². The molecule has 0 aromatic carbocycles. The van der Waals surface area contributed by atoms with Crippen LogP contribution in [0.15, 0.2) is 42.3 Å². The fourth-order valence-corrected chi connectivity index (χ4v) is 9.02. The maximum absolute atomic E-state index is 12.9. The number of piperidine rings is 1. The van der Waals surface area contributed by atoms with E-state index in [1.807, 2.05) is 6.20 Å². The van der Waals surface area contributed by atoms with E-state index < -0.39 is 24.5 Å². The van der Waals surface area contributed by atoms with Crippen LogP contribution in [0.25, 0.3) is 5.57 Å². The Balaban J connectivity index is 0.000000374. The van der Waals surface area contributed by atoms with E-state index in [-0.39, 0.29) is 28.8 Å². The van der Waals surface area contributed by atoms with Crippen molar-refractivity contribution < 1.29 is 34.4 Å². The summed E-state index contributed by atoms with van der Waals surface area (Å²) >= 11 is 0. The Bertz CT molecular complexity index is 1290. The molecular formula is C35H48N2O7. The topological polar surface area (TPSA) is 137 Å². The van der Waals surface area contributed by atoms with E-state index in [9.17, 15) is 14.4 Å². The van der Waals surface area contributed by atoms with Gasteiger partial charge in [0.25, 0.3) is 0 Å². The fourth-order valence-electron chi connectivity index (χ4n) is 9.02. The van der Waals surface area contributed by atoms with Crippen molar-refractivity contribution in [3.63, 3.8) is 0 Å². The monoisotopic (exact) mass is 608 g/mol. The molecule has 0 spiro atoms. The summed E-state index contributed by atoms with van der Waals surface area (Å²) in [6, 6.07) is 4.32. The highest BCUT2D eigenvalue weighted by Crippen LogP contribution is 2.66. The van der Waals surface area contributed by atoms with Crippen LogP contribution in [0.5, 0.6) is 0 Å². The molecule has 7 atom stereocenters. The average Bonchev–Trinajstić information content (AvgIpc) is 3.35. The predicted molar refractivity (Wildman–Crippen MR) is 165 cm³/mol. The SMILES string of the molecule is CN1CCC(C(=O)O[C@H]2CC[C@@]3(C)C(=CC[C@@H]4[C@@H]3CC[C@]3(C)C(c5cccnc5)=CC[C@@H]43)C2)CC1.O=C(O)CC(O)C(=O)O. The third-order valence-electron chi connectivity index (χ3n) is 11.6. The number of aliphatic carboxylic acids is 2. The highest BCUT2D eigenvalue weighted by Gasteiger charge is 2.57. The number of esters is 1. The highest BCUT2D eigenvalue weighted by atomic mass is 16.5. The van der Waals surface area contributed by atoms with Crippen LogP contribution in [0, 0.1) is 34.5 Å². The molecule has 1 aliphatic heterocycles. The van der Waals surface area contributed by atoms with Crippen molar-refractivity contribution in [2.45, 2.75) is 90.3 Å². The van der Waals surface area contributed by atoms with Gasteiger partial charge < -0.3 is 25.0 Å². The number of carboxylic acids is 2. The van der Waals surface area contributed by atoms with E-state index in [1.165, 1.54) is 31.2 Å². The minimum absolute atomic E-state index is 0.0642. The van der Waals surface area contributed by atoms with Gasteiger partial charge in [0, 0.05) is 18.8 Å². The maximum atomic E-state index is 12.9. The number of carboxylic acid groups (broad SMARTS) is 2. The van der Waals surface area contributed by atoms with Gasteiger partial charge in [-0.25, -0.2) is 4.79 Å². The summed E-state index contributed by atoms with van der Waals surface area (Å²) < 4.78 is 6.13. The van der Waals surface area contributed by atoms with Gasteiger partial charge in [-0.05, 0) is 117 Å². The molecule has 9 heteroatoms. The second-order valence-electron chi connectivity index (χ2n) is 14.1. The molecule has 3 N–H and O–H groups in total. The summed E-state index contributed by atoms with van der Waals surface area (Å²) in [4.78, 5) is 39.0. The Hall–Kier alpha value is -3.04. The van der Waals surface area contributed by atoms with Crippen LogP contribution in [0.3, 0.4) is 0 Å². The van der Waals surface area contributed by atoms with Gasteiger partial charge in [-0.15, -0.1) is 0 Å². The summed E-state index contributed by atoms with van der Waals surface area (Å²) in [5, 5.41) is 24.1. The molecule has 6 rings (SSSR count). The molecule has 9 nitrogen and oxygen atoms in total. The van der Waals surface area contributed by atoms with Gasteiger partial charge in [-0.2, -0.15) is 0 Å². The molecule has 0 bridgehead atoms. The number of hydrogen-bond donors (Lipinski definition) is 3. The number of allylic oxidation sites excluding steroid dienone is 3. The minimum atomic E-state index is -1.79. The Morgan fingerprint density at radius 2 is 1.75 bits per heavy atom. The third-order valence-corrected chi connectivity index (χ3v) is 11.6. The summed E-state index contributed by atoms with van der Waals surface area (Å²) in [7, 11) is 2.14. The summed E-state index contributed by atoms with van der Waals surface area (Å²) in [5.74, 6) is -0.439. The number of likely N-dealkylation sites (tertiary alicyclic amines) is 1. The number of nitrogens with zero attached hydrogens (tertiary/aromatic N) is 2. The molecule has 2 saturated carbocycles. The van der Waals surface area contributed by atoms with Crippen molar-refractivity contribution in [2.24, 2.45) is 34.5 Å². The molecule has 2 heterocycles. The number of aliphatic hydroxyl groups is 1. The summed E-state index contributed by atoms with van der Waals surface area (Å²) in [5.41, 5.74) is 5.00. The van der Waals surface area contributed by atoms with Gasteiger partial charge in [-0.1, -0.05) is 37.6 Å². The molecule has 0 amide bonds. The van der Waals surface area contributed by atoms with Crippen LogP contribution in [0.2, 0.25) is 0 Å². The van der Waals surface area contributed by atoms with Gasteiger partial charge in [0.2, 0.25) is 0 Å². The highest BCUT2D eigenvalue weighted by molar-refractivity contribution is 5.79. The number of hydrogen-bond acceptors (Lipinski definition) is 7. The average molecular weight is 609 g/mol. The molecule has 4 aliphatic carbocycles. The second kappa shape index (κ2) is 13.1. The molecule has 3 fully saturated rings. The maximum Gasteiger partial charge on any atom is 0.333 e. The lowest BCUT2D eigenvalue weighted by atomic mass is 9.47. The zero-order chi connectivity index (χ0) is 31.6. The van der Waals surface area contributed by atoms with Crippen molar-refractivity contribution in [3.8, 4) is 0 Å². The van der Waals surface area contributed by atoms with Crippen molar-refractivity contribution in [1.82, 2.24) is 9.88 Å². The van der Waals surface area contributed by atoms with Crippen LogP contribution in [-0.4, -0.2) is 75.5 Å². The van der Waals surface area contributed by atoms with Crippen LogP contribution in [0.1, 0.15) is 83.6 Å². The first kappa shape index (κ1) is 32.4. The van der Waals surface area contributed by atoms with Crippen molar-refractivity contribution in [2.75, 3.05) is 20.1 Å². The predicted octanol–water partition coefficient (Wildman–Crippen LogP) is 5.20. The molecule has 1 aromatic heterocycles. The lowest BCUT2D eigenvalue weighted by Gasteiger charge is -2.58. The van der Waals surface area contributed by atoms with Crippen molar-refractivity contribution in [3.05, 3.63) is 47.8 Å². The zero-order valence-corrected chi connectivity index (χ0v) is 26.3. The van der Waals surface area contributed by atoms with Gasteiger partial charge in [0.05, 0.1) is 12.3 Å². The van der Waals surface area contributed by atoms with Gasteiger partial charge in [0.15, 0.2) is 6.10 Å². The van der Waals surface area contributed by atoms with Crippen LogP contribution in [-0.2, 0) is 19.1 Å². The molecule has 1 unspecified atom stereocenters. The van der Waals surface area contributed by atoms with Crippen molar-refractivity contribution in [1.29, 1.82) is 0 Å². The number of rotatable bonds is 6. The Kier molecular flexibility index (Phi) is 9.66. The molecule has 1 saturated heterocycles. The second-order valence-corrected chi connectivity index (χ2v) is 14.1. The summed E-state index contributed by atoms with van der Waals surface area (Å²) in [6.07, 6.45) is 16.6. The first-order chi connectivity index (χ1) is 20.9. The largest absolute Gasteiger partial charge is 0.481 e. The fraction of sp³-hybridized carbons (Fsp3) is 0.657. The minimum Gasteiger partial charge on any atom is -0.481 e. The zero-order valence-electron chi connectivity index (χ0n) is 26.3. The molecule has 0 radical (unpaired) electrons. The van der Waals surface area contributed by atoms with Gasteiger partial charge >= 0.3 is 17.9 Å². The number of fused-ring (bicyclic) bond motifs is 5. The molecule has 5 aliphatic rings. The molecule has 240 valence electrons. The number of aromatic nitrogens is 1. The number of ether oxygens (including phenoxy) is 1. The van der Waals surface area contributed by atoms with E-state index >= 15 is 0 Å². The van der Waals surface area contributed by atoms with Crippen LogP contribution >= 0.6 is 0 Å². The number of carbonyl (C=O) groups excluding carboxylic acids is 1. The standard InChI is InChI=1S/C31H42N2O2.C4H6O5/c1-30-14-10-24(35-29(34)21-12-17-33(3)18-13-21)19-23(30)6-7-25-27-9-8-26(22-5-4-16-32-20-22)31(27,2)15-11-28(25)30;5-2(4(8)9)1-3(6)7/h4-6,8,16,20-21,24-25,27-28H,7,9-15,17-19H2,1-3H3;2,5H,1H2,(H,6,7)(H,8,9)/t24-,25-,27-,28-,30-,31+;/m0./s1. The summed E-state index contributed by atoms with van der Waals surface area (Å²) in [6.45, 7) is 7.08. The molecular weight excluding hydrogens is 560 g/mol. The molecule has 44 heavy (non-hydrogen) atoms. The molecule has 1 aromatic rings. The van der Waals surface area contributed by atoms with Gasteiger partial charge in [-0.3, -0.25) is 14.6 Å². The number of carbonyl (C=O) groups is 3. The Labute approximate surface area is 260 Å². The van der Waals surface area contributed by atoms with E-state index in [0.717, 1.165) is 62.9 Å². The van der Waals surface area contributed by atoms with Crippen molar-refractivity contribution >= 4 is 23.5 Å². The van der Waals surface area contributed by atoms with E-state index in [4.69, 9.17) is 20.1 Å². The van der Waals surface area contributed by atoms with Crippen LogP contribution < -0.4 is 0 Å².